The third kappa shape index (κ3) is 4.77. The number of aryl methyl sites for hydroxylation is 1. The second-order valence-electron chi connectivity index (χ2n) is 6.02. The van der Waals surface area contributed by atoms with Gasteiger partial charge in [-0.2, -0.15) is 5.10 Å². The summed E-state index contributed by atoms with van der Waals surface area (Å²) < 4.78 is 0. The van der Waals surface area contributed by atoms with Crippen molar-refractivity contribution < 1.29 is 0 Å². The molecule has 1 aromatic rings. The molecule has 1 unspecified atom stereocenters. The summed E-state index contributed by atoms with van der Waals surface area (Å²) in [6, 6.07) is 0. The third-order valence-electron chi connectivity index (χ3n) is 2.55. The summed E-state index contributed by atoms with van der Waals surface area (Å²) in [5.74, 6) is 2.66. The fourth-order valence-corrected chi connectivity index (χ4v) is 2.21. The molecule has 0 aliphatic rings. The molecule has 1 rings (SSSR count). The number of hydrogen-bond donors (Lipinski definition) is 1. The smallest absolute Gasteiger partial charge is 0.150 e. The van der Waals surface area contributed by atoms with Crippen molar-refractivity contribution in [2.75, 3.05) is 0 Å². The van der Waals surface area contributed by atoms with E-state index in [1.165, 1.54) is 6.42 Å². The molecule has 0 saturated carbocycles. The maximum atomic E-state index is 4.50. The van der Waals surface area contributed by atoms with E-state index in [2.05, 4.69) is 49.8 Å². The van der Waals surface area contributed by atoms with Gasteiger partial charge < -0.3 is 0 Å². The van der Waals surface area contributed by atoms with E-state index in [1.807, 2.05) is 0 Å². The van der Waals surface area contributed by atoms with Gasteiger partial charge in [-0.1, -0.05) is 34.6 Å². The number of rotatable bonds is 5. The van der Waals surface area contributed by atoms with Crippen molar-refractivity contribution in [1.82, 2.24) is 15.2 Å². The summed E-state index contributed by atoms with van der Waals surface area (Å²) in [6.45, 7) is 11.3. The molecule has 92 valence electrons. The van der Waals surface area contributed by atoms with E-state index < -0.39 is 0 Å². The minimum atomic E-state index is 0.395. The normalized spacial score (nSPS) is 14.1. The molecule has 1 atom stereocenters. The van der Waals surface area contributed by atoms with E-state index >= 15 is 0 Å². The SMILES string of the molecule is CCCc1n[nH]c(CC(C)CC(C)(C)C)n1. The highest BCUT2D eigenvalue weighted by Crippen LogP contribution is 2.25. The number of H-pyrrole nitrogens is 1. The average Bonchev–Trinajstić information content (AvgIpc) is 2.49. The first-order chi connectivity index (χ1) is 7.40. The molecule has 1 N–H and O–H groups in total. The molecular formula is C13H25N3. The van der Waals surface area contributed by atoms with Crippen LogP contribution in [0.1, 0.15) is 59.1 Å². The molecule has 0 fully saturated rings. The van der Waals surface area contributed by atoms with Crippen LogP contribution in [0.15, 0.2) is 0 Å². The molecule has 0 radical (unpaired) electrons. The van der Waals surface area contributed by atoms with Gasteiger partial charge in [0.2, 0.25) is 0 Å². The second kappa shape index (κ2) is 5.46. The van der Waals surface area contributed by atoms with Gasteiger partial charge in [0.25, 0.3) is 0 Å². The van der Waals surface area contributed by atoms with Crippen LogP contribution in [0.3, 0.4) is 0 Å². The highest BCUT2D eigenvalue weighted by Gasteiger charge is 2.16. The molecular weight excluding hydrogens is 198 g/mol. The Kier molecular flexibility index (Phi) is 4.51. The molecule has 1 aromatic heterocycles. The van der Waals surface area contributed by atoms with Crippen LogP contribution in [-0.4, -0.2) is 15.2 Å². The zero-order valence-electron chi connectivity index (χ0n) is 11.3. The Bertz CT molecular complexity index is 309. The topological polar surface area (TPSA) is 41.6 Å². The lowest BCUT2D eigenvalue weighted by Gasteiger charge is -2.22. The summed E-state index contributed by atoms with van der Waals surface area (Å²) in [6.07, 6.45) is 4.31. The van der Waals surface area contributed by atoms with Gasteiger partial charge in [-0.15, -0.1) is 0 Å². The van der Waals surface area contributed by atoms with Crippen molar-refractivity contribution in [3.05, 3.63) is 11.6 Å². The van der Waals surface area contributed by atoms with Crippen LogP contribution in [0.4, 0.5) is 0 Å². The van der Waals surface area contributed by atoms with Crippen LogP contribution >= 0.6 is 0 Å². The van der Waals surface area contributed by atoms with Crippen molar-refractivity contribution in [2.24, 2.45) is 11.3 Å². The monoisotopic (exact) mass is 223 g/mol. The van der Waals surface area contributed by atoms with Crippen LogP contribution in [0, 0.1) is 11.3 Å². The number of nitrogens with zero attached hydrogens (tertiary/aromatic N) is 2. The summed E-state index contributed by atoms with van der Waals surface area (Å²) in [4.78, 5) is 4.50. The molecule has 0 bridgehead atoms. The maximum absolute atomic E-state index is 4.50. The van der Waals surface area contributed by atoms with Crippen molar-refractivity contribution in [3.63, 3.8) is 0 Å². The van der Waals surface area contributed by atoms with E-state index in [4.69, 9.17) is 0 Å². The quantitative estimate of drug-likeness (QED) is 0.831. The lowest BCUT2D eigenvalue weighted by atomic mass is 9.84. The van der Waals surface area contributed by atoms with Gasteiger partial charge in [-0.05, 0) is 24.2 Å². The Labute approximate surface area is 99.1 Å². The highest BCUT2D eigenvalue weighted by molar-refractivity contribution is 4.91. The molecule has 0 aliphatic heterocycles. The molecule has 3 heteroatoms. The first-order valence-corrected chi connectivity index (χ1v) is 6.31. The Morgan fingerprint density at radius 1 is 1.31 bits per heavy atom. The van der Waals surface area contributed by atoms with Crippen molar-refractivity contribution in [3.8, 4) is 0 Å². The zero-order valence-corrected chi connectivity index (χ0v) is 11.3. The first kappa shape index (κ1) is 13.2. The predicted molar refractivity (Wildman–Crippen MR) is 67.3 cm³/mol. The van der Waals surface area contributed by atoms with Gasteiger partial charge in [-0.3, -0.25) is 5.10 Å². The summed E-state index contributed by atoms with van der Waals surface area (Å²) in [5.41, 5.74) is 0.395. The number of aromatic nitrogens is 3. The molecule has 0 spiro atoms. The minimum Gasteiger partial charge on any atom is -0.263 e. The molecule has 16 heavy (non-hydrogen) atoms. The molecule has 0 aliphatic carbocycles. The molecule has 1 heterocycles. The number of aromatic amines is 1. The average molecular weight is 223 g/mol. The Balaban J connectivity index is 2.46. The summed E-state index contributed by atoms with van der Waals surface area (Å²) >= 11 is 0. The third-order valence-corrected chi connectivity index (χ3v) is 2.55. The van der Waals surface area contributed by atoms with Crippen LogP contribution < -0.4 is 0 Å². The Morgan fingerprint density at radius 2 is 2.00 bits per heavy atom. The lowest BCUT2D eigenvalue weighted by Crippen LogP contribution is -2.13. The van der Waals surface area contributed by atoms with Crippen molar-refractivity contribution in [1.29, 1.82) is 0 Å². The van der Waals surface area contributed by atoms with E-state index in [-0.39, 0.29) is 0 Å². The van der Waals surface area contributed by atoms with Crippen molar-refractivity contribution in [2.45, 2.75) is 60.3 Å². The van der Waals surface area contributed by atoms with Crippen LogP contribution in [0.5, 0.6) is 0 Å². The second-order valence-corrected chi connectivity index (χ2v) is 6.02. The molecule has 0 aromatic carbocycles. The lowest BCUT2D eigenvalue weighted by molar-refractivity contribution is 0.304. The fourth-order valence-electron chi connectivity index (χ4n) is 2.21. The highest BCUT2D eigenvalue weighted by atomic mass is 15.2. The van der Waals surface area contributed by atoms with Crippen molar-refractivity contribution >= 4 is 0 Å². The predicted octanol–water partition coefficient (Wildman–Crippen LogP) is 3.37. The standard InChI is InChI=1S/C13H25N3/c1-6-7-11-14-12(16-15-11)8-10(2)9-13(3,4)5/h10H,6-9H2,1-5H3,(H,14,15,16). The summed E-state index contributed by atoms with van der Waals surface area (Å²) in [7, 11) is 0. The Morgan fingerprint density at radius 3 is 2.56 bits per heavy atom. The fraction of sp³-hybridized carbons (Fsp3) is 0.846. The summed E-state index contributed by atoms with van der Waals surface area (Å²) in [5, 5.41) is 7.27. The zero-order chi connectivity index (χ0) is 12.2. The number of nitrogens with one attached hydrogen (secondary N) is 1. The van der Waals surface area contributed by atoms with Gasteiger partial charge in [0, 0.05) is 12.8 Å². The van der Waals surface area contributed by atoms with Gasteiger partial charge >= 0.3 is 0 Å². The maximum Gasteiger partial charge on any atom is 0.150 e. The van der Waals surface area contributed by atoms with Gasteiger partial charge in [-0.25, -0.2) is 4.98 Å². The van der Waals surface area contributed by atoms with E-state index in [1.54, 1.807) is 0 Å². The molecule has 3 nitrogen and oxygen atoms in total. The van der Waals surface area contributed by atoms with Gasteiger partial charge in [0.15, 0.2) is 5.82 Å². The first-order valence-electron chi connectivity index (χ1n) is 6.31. The van der Waals surface area contributed by atoms with E-state index in [0.29, 0.717) is 11.3 Å². The van der Waals surface area contributed by atoms with E-state index in [9.17, 15) is 0 Å². The van der Waals surface area contributed by atoms with Gasteiger partial charge in [0.1, 0.15) is 5.82 Å². The largest absolute Gasteiger partial charge is 0.263 e. The molecule has 0 amide bonds. The molecule has 0 saturated heterocycles. The van der Waals surface area contributed by atoms with Crippen LogP contribution in [0.2, 0.25) is 0 Å². The van der Waals surface area contributed by atoms with Gasteiger partial charge in [0.05, 0.1) is 0 Å². The van der Waals surface area contributed by atoms with Crippen LogP contribution in [0.25, 0.3) is 0 Å². The minimum absolute atomic E-state index is 0.395. The number of hydrogen-bond acceptors (Lipinski definition) is 2. The van der Waals surface area contributed by atoms with Crippen LogP contribution in [-0.2, 0) is 12.8 Å². The van der Waals surface area contributed by atoms with E-state index in [0.717, 1.165) is 30.9 Å². The Hall–Kier alpha value is -0.860.